The summed E-state index contributed by atoms with van der Waals surface area (Å²) < 4.78 is 1.74. The predicted octanol–water partition coefficient (Wildman–Crippen LogP) is 1.47. The van der Waals surface area contributed by atoms with Crippen LogP contribution in [0.1, 0.15) is 24.7 Å². The molecule has 0 aliphatic carbocycles. The molecule has 0 bridgehead atoms. The Kier molecular flexibility index (Phi) is 4.77. The van der Waals surface area contributed by atoms with Crippen LogP contribution in [-0.2, 0) is 13.0 Å². The maximum atomic E-state index is 9.21. The van der Waals surface area contributed by atoms with Gasteiger partial charge in [-0.25, -0.2) is 4.98 Å². The summed E-state index contributed by atoms with van der Waals surface area (Å²) in [5.74, 6) is 1.51. The van der Waals surface area contributed by atoms with Gasteiger partial charge in [-0.05, 0) is 25.0 Å². The van der Waals surface area contributed by atoms with E-state index in [0.717, 1.165) is 23.6 Å². The van der Waals surface area contributed by atoms with Crippen molar-refractivity contribution in [2.24, 2.45) is 0 Å². The minimum Gasteiger partial charge on any atom is -0.396 e. The summed E-state index contributed by atoms with van der Waals surface area (Å²) in [5, 5.41) is 13.5. The Morgan fingerprint density at radius 2 is 2.13 bits per heavy atom. The van der Waals surface area contributed by atoms with Gasteiger partial charge in [0.05, 0.1) is 12.2 Å². The Labute approximate surface area is 134 Å². The average Bonchev–Trinajstić information content (AvgIpc) is 3.07. The van der Waals surface area contributed by atoms with E-state index < -0.39 is 0 Å². The molecule has 3 rings (SSSR count). The van der Waals surface area contributed by atoms with Gasteiger partial charge in [0.25, 0.3) is 5.78 Å². The Bertz CT molecular complexity index is 758. The molecule has 0 aliphatic rings. The minimum atomic E-state index is 0.144. The maximum absolute atomic E-state index is 9.21. The van der Waals surface area contributed by atoms with Crippen molar-refractivity contribution >= 4 is 11.6 Å². The summed E-state index contributed by atoms with van der Waals surface area (Å²) >= 11 is 0. The fourth-order valence-electron chi connectivity index (χ4n) is 2.47. The molecule has 7 heteroatoms. The number of nitrogens with zero attached hydrogens (tertiary/aromatic N) is 6. The van der Waals surface area contributed by atoms with Crippen molar-refractivity contribution < 1.29 is 5.11 Å². The first-order valence-electron chi connectivity index (χ1n) is 7.77. The van der Waals surface area contributed by atoms with Crippen LogP contribution in [0.15, 0.2) is 36.8 Å². The molecule has 0 atom stereocenters. The SMILES string of the molecule is CCc1cc(N(CCCO)Cc2ccccn2)n2ncnc2n1. The normalized spacial score (nSPS) is 11.0. The molecule has 0 radical (unpaired) electrons. The largest absolute Gasteiger partial charge is 0.396 e. The Morgan fingerprint density at radius 3 is 2.87 bits per heavy atom. The Hall–Kier alpha value is -2.54. The van der Waals surface area contributed by atoms with Crippen LogP contribution in [-0.4, -0.2) is 42.8 Å². The number of fused-ring (bicyclic) bond motifs is 1. The molecule has 120 valence electrons. The van der Waals surface area contributed by atoms with Crippen LogP contribution in [0.4, 0.5) is 5.82 Å². The lowest BCUT2D eigenvalue weighted by Crippen LogP contribution is -2.27. The maximum Gasteiger partial charge on any atom is 0.254 e. The first-order chi connectivity index (χ1) is 11.3. The molecule has 1 N–H and O–H groups in total. The molecule has 3 aromatic rings. The summed E-state index contributed by atoms with van der Waals surface area (Å²) in [5.41, 5.74) is 1.93. The van der Waals surface area contributed by atoms with Gasteiger partial charge in [-0.15, -0.1) is 0 Å². The van der Waals surface area contributed by atoms with Crippen LogP contribution in [0.25, 0.3) is 5.78 Å². The highest BCUT2D eigenvalue weighted by atomic mass is 16.3. The van der Waals surface area contributed by atoms with Gasteiger partial charge in [0.1, 0.15) is 12.1 Å². The number of aryl methyl sites for hydroxylation is 1. The van der Waals surface area contributed by atoms with E-state index in [4.69, 9.17) is 0 Å². The lowest BCUT2D eigenvalue weighted by Gasteiger charge is -2.24. The van der Waals surface area contributed by atoms with Crippen LogP contribution in [0.3, 0.4) is 0 Å². The smallest absolute Gasteiger partial charge is 0.254 e. The zero-order valence-corrected chi connectivity index (χ0v) is 13.1. The lowest BCUT2D eigenvalue weighted by molar-refractivity contribution is 0.289. The minimum absolute atomic E-state index is 0.144. The summed E-state index contributed by atoms with van der Waals surface area (Å²) in [6.45, 7) is 3.55. The highest BCUT2D eigenvalue weighted by Crippen LogP contribution is 2.19. The molecule has 0 aliphatic heterocycles. The zero-order chi connectivity index (χ0) is 16.1. The summed E-state index contributed by atoms with van der Waals surface area (Å²) in [6, 6.07) is 7.90. The fourth-order valence-corrected chi connectivity index (χ4v) is 2.47. The Morgan fingerprint density at radius 1 is 1.22 bits per heavy atom. The van der Waals surface area contributed by atoms with Gasteiger partial charge in [0, 0.05) is 31.1 Å². The second-order valence-electron chi connectivity index (χ2n) is 5.25. The topological polar surface area (TPSA) is 79.4 Å². The van der Waals surface area contributed by atoms with Crippen molar-refractivity contribution in [3.63, 3.8) is 0 Å². The quantitative estimate of drug-likeness (QED) is 0.712. The van der Waals surface area contributed by atoms with Crippen molar-refractivity contribution in [3.8, 4) is 0 Å². The van der Waals surface area contributed by atoms with Crippen molar-refractivity contribution in [1.82, 2.24) is 24.6 Å². The van der Waals surface area contributed by atoms with Crippen LogP contribution in [0.2, 0.25) is 0 Å². The van der Waals surface area contributed by atoms with Crippen LogP contribution in [0.5, 0.6) is 0 Å². The highest BCUT2D eigenvalue weighted by Gasteiger charge is 2.15. The molecule has 3 aromatic heterocycles. The molecular formula is C16H20N6O. The standard InChI is InChI=1S/C16H20N6O/c1-2-13-10-15(22-16(20-13)18-12-19-22)21(8-5-9-23)11-14-6-3-4-7-17-14/h3-4,6-7,10,12,23H,2,5,8-9,11H2,1H3. The van der Waals surface area contributed by atoms with E-state index in [9.17, 15) is 5.11 Å². The molecule has 0 spiro atoms. The van der Waals surface area contributed by atoms with Gasteiger partial charge in [0.2, 0.25) is 0 Å². The van der Waals surface area contributed by atoms with Gasteiger partial charge >= 0.3 is 0 Å². The van der Waals surface area contributed by atoms with Crippen LogP contribution in [0, 0.1) is 0 Å². The molecule has 0 fully saturated rings. The van der Waals surface area contributed by atoms with Gasteiger partial charge in [-0.3, -0.25) is 4.98 Å². The van der Waals surface area contributed by atoms with E-state index >= 15 is 0 Å². The predicted molar refractivity (Wildman–Crippen MR) is 87.1 cm³/mol. The van der Waals surface area contributed by atoms with E-state index in [0.29, 0.717) is 25.3 Å². The first kappa shape index (κ1) is 15.4. The number of hydrogen-bond donors (Lipinski definition) is 1. The zero-order valence-electron chi connectivity index (χ0n) is 13.1. The fraction of sp³-hybridized carbons (Fsp3) is 0.375. The van der Waals surface area contributed by atoms with E-state index in [1.807, 2.05) is 24.3 Å². The highest BCUT2D eigenvalue weighted by molar-refractivity contribution is 5.47. The van der Waals surface area contributed by atoms with Crippen LogP contribution >= 0.6 is 0 Å². The number of rotatable bonds is 7. The van der Waals surface area contributed by atoms with E-state index in [1.165, 1.54) is 6.33 Å². The first-order valence-corrected chi connectivity index (χ1v) is 7.77. The molecule has 0 aromatic carbocycles. The molecule has 23 heavy (non-hydrogen) atoms. The van der Waals surface area contributed by atoms with Crippen molar-refractivity contribution in [2.75, 3.05) is 18.1 Å². The number of pyridine rings is 1. The van der Waals surface area contributed by atoms with E-state index in [1.54, 1.807) is 10.7 Å². The monoisotopic (exact) mass is 312 g/mol. The molecule has 0 amide bonds. The van der Waals surface area contributed by atoms with Gasteiger partial charge < -0.3 is 10.0 Å². The van der Waals surface area contributed by atoms with Crippen molar-refractivity contribution in [1.29, 1.82) is 0 Å². The lowest BCUT2D eigenvalue weighted by atomic mass is 10.2. The second-order valence-corrected chi connectivity index (χ2v) is 5.25. The number of aliphatic hydroxyl groups is 1. The molecular weight excluding hydrogens is 292 g/mol. The van der Waals surface area contributed by atoms with Crippen LogP contribution < -0.4 is 4.90 Å². The summed E-state index contributed by atoms with van der Waals surface area (Å²) in [6.07, 6.45) is 4.80. The van der Waals surface area contributed by atoms with Gasteiger partial charge in [-0.2, -0.15) is 14.6 Å². The number of anilines is 1. The average molecular weight is 312 g/mol. The molecule has 0 unspecified atom stereocenters. The molecule has 3 heterocycles. The number of hydrogen-bond acceptors (Lipinski definition) is 6. The van der Waals surface area contributed by atoms with E-state index in [2.05, 4.69) is 31.9 Å². The van der Waals surface area contributed by atoms with Crippen molar-refractivity contribution in [2.45, 2.75) is 26.3 Å². The third-order valence-electron chi connectivity index (χ3n) is 3.64. The van der Waals surface area contributed by atoms with Gasteiger partial charge in [0.15, 0.2) is 0 Å². The van der Waals surface area contributed by atoms with Crippen molar-refractivity contribution in [3.05, 3.63) is 48.2 Å². The molecule has 0 saturated carbocycles. The third kappa shape index (κ3) is 3.45. The summed E-state index contributed by atoms with van der Waals surface area (Å²) in [4.78, 5) is 15.2. The number of aliphatic hydroxyl groups excluding tert-OH is 1. The molecule has 0 saturated heterocycles. The molecule has 7 nitrogen and oxygen atoms in total. The van der Waals surface area contributed by atoms with Gasteiger partial charge in [-0.1, -0.05) is 13.0 Å². The summed E-state index contributed by atoms with van der Waals surface area (Å²) in [7, 11) is 0. The third-order valence-corrected chi connectivity index (χ3v) is 3.64. The number of aromatic nitrogens is 5. The second kappa shape index (κ2) is 7.15. The Balaban J connectivity index is 2.00. The van der Waals surface area contributed by atoms with E-state index in [-0.39, 0.29) is 6.61 Å².